The third-order valence-corrected chi connectivity index (χ3v) is 4.07. The largest absolute Gasteiger partial charge is 0.478 e. The molecule has 0 amide bonds. The molecule has 0 radical (unpaired) electrons. The van der Waals surface area contributed by atoms with Crippen molar-refractivity contribution in [1.82, 2.24) is 0 Å². The summed E-state index contributed by atoms with van der Waals surface area (Å²) in [5.41, 5.74) is 7.15. The van der Waals surface area contributed by atoms with E-state index in [2.05, 4.69) is 0 Å². The third-order valence-electron chi connectivity index (χ3n) is 4.07. The van der Waals surface area contributed by atoms with Gasteiger partial charge < -0.3 is 34.6 Å². The van der Waals surface area contributed by atoms with E-state index in [0.717, 1.165) is 0 Å². The molecule has 1 aliphatic carbocycles. The van der Waals surface area contributed by atoms with Crippen LogP contribution in [0, 0.1) is 5.41 Å². The summed E-state index contributed by atoms with van der Waals surface area (Å²) in [4.78, 5) is 12.0. The van der Waals surface area contributed by atoms with Crippen molar-refractivity contribution in [2.24, 2.45) is 0 Å². The molecule has 150 valence electrons. The van der Waals surface area contributed by atoms with Crippen molar-refractivity contribution in [1.29, 1.82) is 5.41 Å². The molecule has 1 aromatic heterocycles. The van der Waals surface area contributed by atoms with Gasteiger partial charge in [0.25, 0.3) is 11.6 Å². The van der Waals surface area contributed by atoms with Crippen molar-refractivity contribution in [2.75, 3.05) is 5.73 Å². The van der Waals surface area contributed by atoms with Crippen molar-refractivity contribution in [3.8, 4) is 0 Å². The number of ether oxygens (including phenoxy) is 2. The zero-order chi connectivity index (χ0) is 21.1. The maximum atomic E-state index is 12.0. The van der Waals surface area contributed by atoms with E-state index < -0.39 is 5.63 Å². The van der Waals surface area contributed by atoms with E-state index in [0.29, 0.717) is 22.5 Å². The first-order valence-corrected chi connectivity index (χ1v) is 8.82. The summed E-state index contributed by atoms with van der Waals surface area (Å²) in [6, 6.07) is 6.76. The van der Waals surface area contributed by atoms with Gasteiger partial charge in [0.2, 0.25) is 11.2 Å². The van der Waals surface area contributed by atoms with Gasteiger partial charge in [0.05, 0.1) is 5.71 Å². The third kappa shape index (κ3) is 4.02. The summed E-state index contributed by atoms with van der Waals surface area (Å²) in [5.74, 6) is -0.108. The normalized spacial score (nSPS) is 18.0. The average Bonchev–Trinajstić information content (AvgIpc) is 3.29. The van der Waals surface area contributed by atoms with Crippen LogP contribution in [0.3, 0.4) is 0 Å². The fraction of sp³-hybridized carbons (Fsp3) is 0. The Balaban J connectivity index is 1.49. The van der Waals surface area contributed by atoms with E-state index in [-0.39, 0.29) is 28.7 Å². The highest BCUT2D eigenvalue weighted by Gasteiger charge is 2.23. The molecule has 0 fully saturated rings. The summed E-state index contributed by atoms with van der Waals surface area (Å²) in [5, 5.41) is 17.4. The Kier molecular flexibility index (Phi) is 4.96. The molecule has 0 unspecified atom stereocenters. The van der Waals surface area contributed by atoms with Crippen molar-refractivity contribution in [3.63, 3.8) is 0 Å². The van der Waals surface area contributed by atoms with Gasteiger partial charge in [-0.25, -0.2) is 4.79 Å². The molecule has 2 aliphatic rings. The van der Waals surface area contributed by atoms with E-state index in [4.69, 9.17) is 29.5 Å². The molecule has 4 rings (SSSR count). The molecule has 0 spiro atoms. The lowest BCUT2D eigenvalue weighted by Crippen LogP contribution is -2.20. The van der Waals surface area contributed by atoms with Gasteiger partial charge in [-0.2, -0.15) is 0 Å². The number of aliphatic hydroxyl groups is 1. The molecule has 30 heavy (non-hydrogen) atoms. The van der Waals surface area contributed by atoms with Gasteiger partial charge in [-0.05, 0) is 48.6 Å². The predicted molar refractivity (Wildman–Crippen MR) is 110 cm³/mol. The van der Waals surface area contributed by atoms with Crippen LogP contribution in [-0.2, 0) is 9.47 Å². The van der Waals surface area contributed by atoms with E-state index in [9.17, 15) is 9.90 Å². The number of hydrogen-bond acceptors (Lipinski definition) is 8. The second kappa shape index (κ2) is 7.88. The molecule has 1 aromatic carbocycles. The lowest BCUT2D eigenvalue weighted by molar-refractivity contribution is 0.119. The minimum Gasteiger partial charge on any atom is -0.478 e. The first kappa shape index (κ1) is 18.9. The first-order valence-electron chi connectivity index (χ1n) is 8.82. The Labute approximate surface area is 169 Å². The highest BCUT2D eigenvalue weighted by atomic mass is 16.8. The molecule has 1 aliphatic heterocycles. The predicted octanol–water partition coefficient (Wildman–Crippen LogP) is 2.22. The molecular formula is C22H16N2O6. The summed E-state index contributed by atoms with van der Waals surface area (Å²) < 4.78 is 21.1. The second-order valence-corrected chi connectivity index (χ2v) is 6.21. The zero-order valence-corrected chi connectivity index (χ0v) is 15.5. The van der Waals surface area contributed by atoms with Crippen LogP contribution in [0.5, 0.6) is 0 Å². The van der Waals surface area contributed by atoms with Crippen LogP contribution < -0.4 is 22.4 Å². The first-order chi connectivity index (χ1) is 14.5. The second-order valence-electron chi connectivity index (χ2n) is 6.21. The highest BCUT2D eigenvalue weighted by Crippen LogP contribution is 2.31. The van der Waals surface area contributed by atoms with Gasteiger partial charge in [-0.1, -0.05) is 12.2 Å². The van der Waals surface area contributed by atoms with Crippen molar-refractivity contribution >= 4 is 28.8 Å². The van der Waals surface area contributed by atoms with Crippen molar-refractivity contribution in [3.05, 3.63) is 106 Å². The molecular weight excluding hydrogens is 388 g/mol. The fourth-order valence-electron chi connectivity index (χ4n) is 2.63. The summed E-state index contributed by atoms with van der Waals surface area (Å²) in [7, 11) is 0. The average molecular weight is 404 g/mol. The Hall–Kier alpha value is -4.46. The molecule has 4 N–H and O–H groups in total. The van der Waals surface area contributed by atoms with Gasteiger partial charge in [0.15, 0.2) is 0 Å². The molecule has 0 bridgehead atoms. The van der Waals surface area contributed by atoms with E-state index in [1.54, 1.807) is 60.7 Å². The van der Waals surface area contributed by atoms with Crippen LogP contribution in [0.25, 0.3) is 17.4 Å². The van der Waals surface area contributed by atoms with Crippen LogP contribution in [0.4, 0.5) is 5.69 Å². The van der Waals surface area contributed by atoms with Crippen LogP contribution in [-0.4, -0.2) is 10.8 Å². The van der Waals surface area contributed by atoms with Gasteiger partial charge in [-0.3, -0.25) is 0 Å². The van der Waals surface area contributed by atoms with Crippen LogP contribution in [0.15, 0.2) is 92.3 Å². The summed E-state index contributed by atoms with van der Waals surface area (Å²) >= 11 is 0. The molecule has 0 saturated carbocycles. The standard InChI is InChI=1S/C22H16N2O6/c23-15-9-5-13(6-10-15)19-21(25)29-17(27-19)3-1-2-4-18-28-20(22(26)30-18)14-7-11-16(24)12-8-14/h1-12,23,26H,24H2/b2-1+,17-3-,18-4-,19-13?,23-15?. The number of hydrogen-bond donors (Lipinski definition) is 3. The molecule has 2 heterocycles. The Morgan fingerprint density at radius 2 is 1.63 bits per heavy atom. The topological polar surface area (TPSA) is 132 Å². The molecule has 0 atom stereocenters. The molecule has 8 heteroatoms. The Morgan fingerprint density at radius 3 is 2.37 bits per heavy atom. The number of nitrogens with one attached hydrogen (secondary N) is 1. The SMILES string of the molecule is N=C1C=CC(=c2o/c(=C/C=C/C=C3\OC(O)=C(c4ccc(N)cc4)O3)oc2=O)C=C1. The number of allylic oxidation sites excluding steroid dienone is 7. The van der Waals surface area contributed by atoms with Crippen molar-refractivity contribution < 1.29 is 23.4 Å². The molecule has 0 saturated heterocycles. The van der Waals surface area contributed by atoms with E-state index in [1.807, 2.05) is 0 Å². The quantitative estimate of drug-likeness (QED) is 0.668. The monoisotopic (exact) mass is 404 g/mol. The number of nitrogens with two attached hydrogens (primary N) is 1. The number of benzene rings is 1. The van der Waals surface area contributed by atoms with Gasteiger partial charge in [0, 0.05) is 29.0 Å². The van der Waals surface area contributed by atoms with Crippen LogP contribution >= 0.6 is 0 Å². The van der Waals surface area contributed by atoms with E-state index in [1.165, 1.54) is 12.2 Å². The van der Waals surface area contributed by atoms with Gasteiger partial charge in [-0.15, -0.1) is 0 Å². The maximum Gasteiger partial charge on any atom is 0.382 e. The maximum absolute atomic E-state index is 12.0. The highest BCUT2D eigenvalue weighted by molar-refractivity contribution is 6.06. The summed E-state index contributed by atoms with van der Waals surface area (Å²) in [6.07, 6.45) is 12.4. The molecule has 8 nitrogen and oxygen atoms in total. The van der Waals surface area contributed by atoms with Crippen LogP contribution in [0.2, 0.25) is 0 Å². The minimum absolute atomic E-state index is 0.0106. The van der Waals surface area contributed by atoms with Gasteiger partial charge in [0.1, 0.15) is 0 Å². The Bertz CT molecular complexity index is 1310. The number of rotatable bonds is 3. The van der Waals surface area contributed by atoms with Crippen molar-refractivity contribution in [2.45, 2.75) is 0 Å². The number of nitrogen functional groups attached to an aromatic ring is 1. The lowest BCUT2D eigenvalue weighted by atomic mass is 10.1. The smallest absolute Gasteiger partial charge is 0.382 e. The fourth-order valence-corrected chi connectivity index (χ4v) is 2.63. The van der Waals surface area contributed by atoms with Gasteiger partial charge >= 0.3 is 11.6 Å². The van der Waals surface area contributed by atoms with Crippen LogP contribution in [0.1, 0.15) is 5.56 Å². The summed E-state index contributed by atoms with van der Waals surface area (Å²) in [6.45, 7) is 0. The number of aliphatic hydroxyl groups excluding tert-OH is 1. The molecule has 2 aromatic rings. The van der Waals surface area contributed by atoms with E-state index >= 15 is 0 Å². The zero-order valence-electron chi connectivity index (χ0n) is 15.5. The lowest BCUT2D eigenvalue weighted by Gasteiger charge is -2.01. The Morgan fingerprint density at radius 1 is 0.933 bits per heavy atom. The minimum atomic E-state index is -0.615. The number of anilines is 1.